The fourth-order valence-corrected chi connectivity index (χ4v) is 11.7. The van der Waals surface area contributed by atoms with E-state index in [2.05, 4.69) is 48.7 Å². The Hall–Kier alpha value is -6.92. The summed E-state index contributed by atoms with van der Waals surface area (Å²) in [5.41, 5.74) is 6.40. The third-order valence-electron chi connectivity index (χ3n) is 15.7. The Balaban J connectivity index is 0.769. The zero-order valence-corrected chi connectivity index (χ0v) is 54.0. The van der Waals surface area contributed by atoms with E-state index in [1.807, 2.05) is 70.2 Å². The van der Waals surface area contributed by atoms with Crippen LogP contribution in [-0.4, -0.2) is 162 Å². The number of aryl methyl sites for hydroxylation is 2. The number of fused-ring (bicyclic) bond motifs is 2. The molecule has 4 amide bonds. The van der Waals surface area contributed by atoms with Gasteiger partial charge < -0.3 is 64.8 Å². The lowest BCUT2D eigenvalue weighted by molar-refractivity contribution is -0.147. The third kappa shape index (κ3) is 18.8. The number of benzene rings is 4. The number of aromatic nitrogens is 2. The van der Waals surface area contributed by atoms with Crippen molar-refractivity contribution < 1.29 is 56.0 Å². The molecule has 0 fully saturated rings. The fourth-order valence-electron chi connectivity index (χ4n) is 10.3. The number of rotatable bonds is 32. The van der Waals surface area contributed by atoms with Crippen LogP contribution in [-0.2, 0) is 73.8 Å². The molecule has 0 spiro atoms. The highest BCUT2D eigenvalue weighted by atomic mass is 35.5. The molecule has 1 aliphatic carbocycles. The van der Waals surface area contributed by atoms with E-state index in [4.69, 9.17) is 40.0 Å². The van der Waals surface area contributed by atoms with Gasteiger partial charge in [0.25, 0.3) is 0 Å². The second-order valence-electron chi connectivity index (χ2n) is 23.4. The van der Waals surface area contributed by atoms with Crippen molar-refractivity contribution in [1.82, 2.24) is 35.7 Å². The van der Waals surface area contributed by atoms with E-state index in [1.165, 1.54) is 11.8 Å². The van der Waals surface area contributed by atoms with Gasteiger partial charge in [0.05, 0.1) is 106 Å². The quantitative estimate of drug-likeness (QED) is 0.0254. The molecule has 0 saturated heterocycles. The number of nitrogens with one attached hydrogen (secondary N) is 5. The number of carbonyl (C=O) groups excluding carboxylic acids is 4. The molecule has 4 atom stereocenters. The van der Waals surface area contributed by atoms with Crippen LogP contribution in [0.25, 0.3) is 0 Å². The van der Waals surface area contributed by atoms with E-state index < -0.39 is 38.6 Å². The summed E-state index contributed by atoms with van der Waals surface area (Å²) < 4.78 is 60.7. The lowest BCUT2D eigenvalue weighted by Crippen LogP contribution is -2.62. The van der Waals surface area contributed by atoms with Crippen LogP contribution >= 0.6 is 11.6 Å². The molecule has 478 valence electrons. The summed E-state index contributed by atoms with van der Waals surface area (Å²) >= 11 is 6.46. The number of halogens is 1. The van der Waals surface area contributed by atoms with E-state index >= 15 is 0 Å². The van der Waals surface area contributed by atoms with Crippen LogP contribution in [0.3, 0.4) is 0 Å². The van der Waals surface area contributed by atoms with Crippen molar-refractivity contribution in [2.45, 2.75) is 128 Å². The zero-order chi connectivity index (χ0) is 63.5. The molecule has 1 aromatic heterocycles. The van der Waals surface area contributed by atoms with E-state index in [1.54, 1.807) is 76.0 Å². The Labute approximate surface area is 523 Å². The third-order valence-corrected chi connectivity index (χ3v) is 18.2. The SMILES string of the molecule is CN[C@@H](C)C(=O)N[C@H](C(=O)N1Cc2cc(OCCOCCOCCOCCOCCC(=O)N(C)CCc3cc(OC)c(Nc4ncc(Cl)c(Nc5ccccc5S(=O)(=O)C(C)C)n4)cc3C)ccc2C[C@H]1C(=O)N[C@H]1CCCc2ccccc21)C(C)(C)C. The van der Waals surface area contributed by atoms with Gasteiger partial charge in [-0.15, -0.1) is 0 Å². The number of para-hydroxylation sites is 1. The molecule has 0 radical (unpaired) electrons. The van der Waals surface area contributed by atoms with Gasteiger partial charge in [0.1, 0.15) is 35.2 Å². The second kappa shape index (κ2) is 32.5. The van der Waals surface area contributed by atoms with Crippen molar-refractivity contribution >= 4 is 68.2 Å². The number of likely N-dealkylation sites (N-methyl/N-ethyl adjacent to an activating group) is 2. The Morgan fingerprint density at radius 1 is 0.818 bits per heavy atom. The highest BCUT2D eigenvalue weighted by Gasteiger charge is 2.43. The van der Waals surface area contributed by atoms with Crippen LogP contribution in [0.5, 0.6) is 11.5 Å². The number of anilines is 4. The predicted molar refractivity (Wildman–Crippen MR) is 339 cm³/mol. The summed E-state index contributed by atoms with van der Waals surface area (Å²) in [5, 5.41) is 15.1. The van der Waals surface area contributed by atoms with Gasteiger partial charge in [-0.05, 0) is 136 Å². The van der Waals surface area contributed by atoms with Gasteiger partial charge in [-0.2, -0.15) is 4.98 Å². The lowest BCUT2D eigenvalue weighted by Gasteiger charge is -2.41. The monoisotopic (exact) mass is 1250 g/mol. The predicted octanol–water partition coefficient (Wildman–Crippen LogP) is 8.24. The highest BCUT2D eigenvalue weighted by Crippen LogP contribution is 2.36. The molecule has 5 aromatic rings. The van der Waals surface area contributed by atoms with Gasteiger partial charge in [0.2, 0.25) is 29.6 Å². The average Bonchev–Trinajstić information content (AvgIpc) is 3.20. The Bertz CT molecular complexity index is 3290. The molecule has 88 heavy (non-hydrogen) atoms. The second-order valence-corrected chi connectivity index (χ2v) is 26.3. The summed E-state index contributed by atoms with van der Waals surface area (Å²) in [4.78, 5) is 67.6. The van der Waals surface area contributed by atoms with Crippen LogP contribution in [0, 0.1) is 12.3 Å². The van der Waals surface area contributed by atoms with Gasteiger partial charge in [-0.3, -0.25) is 19.2 Å². The maximum Gasteiger partial charge on any atom is 0.246 e. The standard InChI is InChI=1S/C65H88ClN9O12S/c1-42(2)88(80,81)57-21-14-13-19-53(57)69-60-51(66)40-68-64(73-60)71-54-36-43(3)46(39-56(54)82-10)24-26-74(9)58(76)25-27-83-28-29-84-30-31-85-32-33-86-34-35-87-49-23-22-47-38-55(62(78)70-52-20-15-17-45-16-11-12-18-50(45)52)75(41-48(47)37-49)63(79)59(65(5,6)7)72-61(77)44(4)67-8/h11-14,16,18-19,21-23,36-37,39-40,42,44,52,55,59,67H,15,17,20,24-35,38,41H2,1-10H3,(H,70,78)(H,72,77)(H2,68,69,71,73)/t44-,52-,55-,59+/m0/s1. The number of hydrogen-bond donors (Lipinski definition) is 5. The van der Waals surface area contributed by atoms with E-state index in [0.29, 0.717) is 88.5 Å². The molecular weight excluding hydrogens is 1170 g/mol. The minimum absolute atomic E-state index is 0.0486. The Morgan fingerprint density at radius 3 is 2.17 bits per heavy atom. The molecule has 7 rings (SSSR count). The first kappa shape index (κ1) is 68.6. The number of amides is 4. The molecule has 2 heterocycles. The smallest absolute Gasteiger partial charge is 0.246 e. The van der Waals surface area contributed by atoms with Crippen LogP contribution in [0.1, 0.15) is 100 Å². The minimum atomic E-state index is -3.60. The van der Waals surface area contributed by atoms with Crippen LogP contribution < -0.4 is 36.1 Å². The summed E-state index contributed by atoms with van der Waals surface area (Å²) in [6, 6.07) is 22.0. The summed E-state index contributed by atoms with van der Waals surface area (Å²) in [6.45, 7) is 16.3. The zero-order valence-electron chi connectivity index (χ0n) is 52.5. The number of hydrogen-bond acceptors (Lipinski definition) is 17. The summed E-state index contributed by atoms with van der Waals surface area (Å²) in [7, 11) is 1.42. The molecule has 4 aromatic carbocycles. The fraction of sp³-hybridized carbons (Fsp3) is 0.508. The van der Waals surface area contributed by atoms with Crippen molar-refractivity contribution in [2.75, 3.05) is 97.8 Å². The number of ether oxygens (including phenoxy) is 6. The summed E-state index contributed by atoms with van der Waals surface area (Å²) in [6.07, 6.45) is 5.26. The molecule has 0 unspecified atom stereocenters. The number of nitrogens with zero attached hydrogens (tertiary/aromatic N) is 4. The minimum Gasteiger partial charge on any atom is -0.495 e. The molecule has 1 aliphatic heterocycles. The van der Waals surface area contributed by atoms with E-state index in [-0.39, 0.29) is 77.5 Å². The molecular formula is C65H88ClN9O12S. The van der Waals surface area contributed by atoms with Crippen molar-refractivity contribution in [3.63, 3.8) is 0 Å². The largest absolute Gasteiger partial charge is 0.495 e. The van der Waals surface area contributed by atoms with Crippen molar-refractivity contribution in [1.29, 1.82) is 0 Å². The first-order valence-corrected chi connectivity index (χ1v) is 32.0. The maximum atomic E-state index is 14.7. The molecule has 0 bridgehead atoms. The van der Waals surface area contributed by atoms with Crippen LogP contribution in [0.15, 0.2) is 90.0 Å². The van der Waals surface area contributed by atoms with Gasteiger partial charge in [-0.1, -0.05) is 74.8 Å². The van der Waals surface area contributed by atoms with E-state index in [9.17, 15) is 27.6 Å². The van der Waals surface area contributed by atoms with Crippen LogP contribution in [0.4, 0.5) is 23.1 Å². The molecule has 23 heteroatoms. The molecule has 2 aliphatic rings. The highest BCUT2D eigenvalue weighted by molar-refractivity contribution is 7.92. The van der Waals surface area contributed by atoms with Gasteiger partial charge in [0.15, 0.2) is 15.7 Å². The molecule has 0 saturated carbocycles. The first-order valence-electron chi connectivity index (χ1n) is 30.1. The van der Waals surface area contributed by atoms with Crippen molar-refractivity contribution in [2.24, 2.45) is 5.41 Å². The van der Waals surface area contributed by atoms with Gasteiger partial charge in [-0.25, -0.2) is 13.4 Å². The lowest BCUT2D eigenvalue weighted by atomic mass is 9.83. The first-order chi connectivity index (χ1) is 42.1. The van der Waals surface area contributed by atoms with Crippen LogP contribution in [0.2, 0.25) is 5.02 Å². The van der Waals surface area contributed by atoms with Gasteiger partial charge in [0, 0.05) is 26.6 Å². The van der Waals surface area contributed by atoms with Gasteiger partial charge >= 0.3 is 0 Å². The topological polar surface area (TPSA) is 250 Å². The van der Waals surface area contributed by atoms with Crippen molar-refractivity contribution in [3.05, 3.63) is 123 Å². The Kier molecular flexibility index (Phi) is 25.3. The maximum absolute atomic E-state index is 14.7. The number of carbonyl (C=O) groups is 4. The number of methoxy groups -OCH3 is 1. The normalized spacial score (nSPS) is 15.6. The molecule has 5 N–H and O–H groups in total. The van der Waals surface area contributed by atoms with Crippen molar-refractivity contribution in [3.8, 4) is 11.5 Å². The summed E-state index contributed by atoms with van der Waals surface area (Å²) in [5.74, 6) is 0.689. The Morgan fingerprint density at radius 2 is 1.49 bits per heavy atom. The average molecular weight is 1250 g/mol. The molecule has 21 nitrogen and oxygen atoms in total. The van der Waals surface area contributed by atoms with E-state index in [0.717, 1.165) is 47.1 Å². The number of sulfone groups is 1.